The summed E-state index contributed by atoms with van der Waals surface area (Å²) in [5, 5.41) is 9.98. The summed E-state index contributed by atoms with van der Waals surface area (Å²) in [4.78, 5) is 14.3. The van der Waals surface area contributed by atoms with Gasteiger partial charge in [0, 0.05) is 25.2 Å². The number of likely N-dealkylation sites (tertiary alicyclic amines) is 1. The Hall–Kier alpha value is -1.75. The topological polar surface area (TPSA) is 75.8 Å². The highest BCUT2D eigenvalue weighted by Gasteiger charge is 2.30. The lowest BCUT2D eigenvalue weighted by molar-refractivity contribution is 0.0570. The van der Waals surface area contributed by atoms with Gasteiger partial charge in [0.15, 0.2) is 0 Å². The molecular formula is C15H22N2O3. The summed E-state index contributed by atoms with van der Waals surface area (Å²) in [6.07, 6.45) is 1.89. The third-order valence-corrected chi connectivity index (χ3v) is 3.95. The van der Waals surface area contributed by atoms with Crippen molar-refractivity contribution in [3.05, 3.63) is 23.8 Å². The number of piperidine rings is 1. The summed E-state index contributed by atoms with van der Waals surface area (Å²) in [5.41, 5.74) is 6.08. The van der Waals surface area contributed by atoms with E-state index in [9.17, 15) is 9.90 Å². The number of benzene rings is 1. The van der Waals surface area contributed by atoms with Gasteiger partial charge in [-0.1, -0.05) is 6.92 Å². The van der Waals surface area contributed by atoms with Crippen molar-refractivity contribution >= 4 is 5.91 Å². The summed E-state index contributed by atoms with van der Waals surface area (Å²) in [6.45, 7) is 3.32. The van der Waals surface area contributed by atoms with Gasteiger partial charge in [0.25, 0.3) is 5.91 Å². The molecule has 1 saturated heterocycles. The zero-order valence-corrected chi connectivity index (χ0v) is 12.0. The Bertz CT molecular complexity index is 490. The number of aromatic hydroxyl groups is 1. The maximum atomic E-state index is 12.6. The van der Waals surface area contributed by atoms with E-state index in [2.05, 4.69) is 6.92 Å². The Labute approximate surface area is 119 Å². The Balaban J connectivity index is 2.22. The molecule has 0 aromatic heterocycles. The van der Waals surface area contributed by atoms with E-state index in [4.69, 9.17) is 10.5 Å². The van der Waals surface area contributed by atoms with Crippen molar-refractivity contribution in [3.63, 3.8) is 0 Å². The number of amides is 1. The van der Waals surface area contributed by atoms with Crippen molar-refractivity contribution in [2.24, 2.45) is 11.7 Å². The minimum absolute atomic E-state index is 0.0488. The fraction of sp³-hybridized carbons (Fsp3) is 0.533. The number of methoxy groups -OCH3 is 1. The lowest BCUT2D eigenvalue weighted by Crippen LogP contribution is -2.49. The van der Waals surface area contributed by atoms with Crippen LogP contribution in [0.2, 0.25) is 0 Å². The van der Waals surface area contributed by atoms with Gasteiger partial charge in [-0.25, -0.2) is 0 Å². The van der Waals surface area contributed by atoms with Crippen LogP contribution in [0.15, 0.2) is 18.2 Å². The first kappa shape index (κ1) is 14.7. The van der Waals surface area contributed by atoms with Crippen molar-refractivity contribution in [3.8, 4) is 11.5 Å². The smallest absolute Gasteiger partial charge is 0.257 e. The maximum absolute atomic E-state index is 12.6. The molecule has 2 rings (SSSR count). The Morgan fingerprint density at radius 1 is 1.55 bits per heavy atom. The van der Waals surface area contributed by atoms with Crippen LogP contribution >= 0.6 is 0 Å². The van der Waals surface area contributed by atoms with Gasteiger partial charge in [-0.3, -0.25) is 4.79 Å². The predicted octanol–water partition coefficient (Wildman–Crippen LogP) is 1.60. The van der Waals surface area contributed by atoms with Crippen LogP contribution in [-0.4, -0.2) is 42.2 Å². The largest absolute Gasteiger partial charge is 0.507 e. The van der Waals surface area contributed by atoms with Gasteiger partial charge in [-0.15, -0.1) is 0 Å². The molecule has 3 N–H and O–H groups in total. The average Bonchev–Trinajstić information content (AvgIpc) is 2.46. The normalized spacial score (nSPS) is 22.6. The number of carbonyl (C=O) groups excluding carboxylic acids is 1. The molecule has 2 atom stereocenters. The summed E-state index contributed by atoms with van der Waals surface area (Å²) in [7, 11) is 1.52. The first-order valence-electron chi connectivity index (χ1n) is 6.94. The first-order chi connectivity index (χ1) is 9.56. The number of hydrogen-bond donors (Lipinski definition) is 2. The Morgan fingerprint density at radius 3 is 2.90 bits per heavy atom. The molecule has 5 nitrogen and oxygen atoms in total. The van der Waals surface area contributed by atoms with E-state index in [-0.39, 0.29) is 17.7 Å². The van der Waals surface area contributed by atoms with Gasteiger partial charge in [0.1, 0.15) is 11.5 Å². The number of nitrogens with two attached hydrogens (primary N) is 1. The van der Waals surface area contributed by atoms with E-state index < -0.39 is 0 Å². The number of ether oxygens (including phenoxy) is 1. The van der Waals surface area contributed by atoms with Crippen LogP contribution in [0.1, 0.15) is 30.1 Å². The zero-order chi connectivity index (χ0) is 14.7. The zero-order valence-electron chi connectivity index (χ0n) is 12.0. The van der Waals surface area contributed by atoms with Crippen LogP contribution in [0.3, 0.4) is 0 Å². The van der Waals surface area contributed by atoms with E-state index in [1.54, 1.807) is 17.0 Å². The number of carbonyl (C=O) groups is 1. The van der Waals surface area contributed by atoms with Crippen LogP contribution in [-0.2, 0) is 0 Å². The molecule has 1 heterocycles. The highest BCUT2D eigenvalue weighted by Crippen LogP contribution is 2.28. The van der Waals surface area contributed by atoms with Crippen LogP contribution in [0.4, 0.5) is 0 Å². The fourth-order valence-corrected chi connectivity index (χ4v) is 2.72. The molecule has 0 radical (unpaired) electrons. The van der Waals surface area contributed by atoms with Crippen molar-refractivity contribution in [1.82, 2.24) is 4.90 Å². The summed E-state index contributed by atoms with van der Waals surface area (Å²) in [6, 6.07) is 4.78. The van der Waals surface area contributed by atoms with Crippen LogP contribution in [0.5, 0.6) is 11.5 Å². The van der Waals surface area contributed by atoms with E-state index in [0.29, 0.717) is 30.3 Å². The predicted molar refractivity (Wildman–Crippen MR) is 76.9 cm³/mol. The number of rotatable bonds is 3. The summed E-state index contributed by atoms with van der Waals surface area (Å²) >= 11 is 0. The monoisotopic (exact) mass is 278 g/mol. The second-order valence-electron chi connectivity index (χ2n) is 5.40. The molecule has 0 saturated carbocycles. The minimum atomic E-state index is -0.160. The molecule has 110 valence electrons. The second kappa shape index (κ2) is 6.13. The average molecular weight is 278 g/mol. The number of phenolic OH excluding ortho intramolecular Hbond substituents is 1. The molecule has 0 aliphatic carbocycles. The van der Waals surface area contributed by atoms with Crippen molar-refractivity contribution < 1.29 is 14.6 Å². The van der Waals surface area contributed by atoms with Gasteiger partial charge >= 0.3 is 0 Å². The number of hydrogen-bond acceptors (Lipinski definition) is 4. The molecule has 20 heavy (non-hydrogen) atoms. The number of nitrogens with zero attached hydrogens (tertiary/aromatic N) is 1. The van der Waals surface area contributed by atoms with Gasteiger partial charge < -0.3 is 20.5 Å². The molecule has 1 fully saturated rings. The summed E-state index contributed by atoms with van der Waals surface area (Å²) < 4.78 is 5.03. The SMILES string of the molecule is COc1ccc(C(=O)N2CCC(C)CC2CN)c(O)c1. The number of phenols is 1. The quantitative estimate of drug-likeness (QED) is 0.880. The molecular weight excluding hydrogens is 256 g/mol. The van der Waals surface area contributed by atoms with Crippen LogP contribution in [0, 0.1) is 5.92 Å². The highest BCUT2D eigenvalue weighted by molar-refractivity contribution is 5.97. The molecule has 2 unspecified atom stereocenters. The molecule has 0 spiro atoms. The van der Waals surface area contributed by atoms with Crippen molar-refractivity contribution in [2.45, 2.75) is 25.8 Å². The molecule has 1 amide bonds. The van der Waals surface area contributed by atoms with E-state index in [1.165, 1.54) is 13.2 Å². The van der Waals surface area contributed by atoms with Crippen molar-refractivity contribution in [2.75, 3.05) is 20.2 Å². The standard InChI is InChI=1S/C15H22N2O3/c1-10-5-6-17(11(7-10)9-16)15(19)13-4-3-12(20-2)8-14(13)18/h3-4,8,10-11,18H,5-7,9,16H2,1-2H3. The molecule has 5 heteroatoms. The molecule has 1 aliphatic rings. The Kier molecular flexibility index (Phi) is 4.49. The van der Waals surface area contributed by atoms with E-state index in [1.807, 2.05) is 0 Å². The van der Waals surface area contributed by atoms with Gasteiger partial charge in [-0.2, -0.15) is 0 Å². The van der Waals surface area contributed by atoms with Crippen molar-refractivity contribution in [1.29, 1.82) is 0 Å². The fourth-order valence-electron chi connectivity index (χ4n) is 2.72. The van der Waals surface area contributed by atoms with E-state index in [0.717, 1.165) is 12.8 Å². The van der Waals surface area contributed by atoms with Gasteiger partial charge in [0.2, 0.25) is 0 Å². The minimum Gasteiger partial charge on any atom is -0.507 e. The molecule has 1 aliphatic heterocycles. The van der Waals surface area contributed by atoms with Crippen LogP contribution < -0.4 is 10.5 Å². The van der Waals surface area contributed by atoms with E-state index >= 15 is 0 Å². The third-order valence-electron chi connectivity index (χ3n) is 3.95. The van der Waals surface area contributed by atoms with Gasteiger partial charge in [-0.05, 0) is 30.9 Å². The maximum Gasteiger partial charge on any atom is 0.257 e. The third kappa shape index (κ3) is 2.88. The Morgan fingerprint density at radius 2 is 2.30 bits per heavy atom. The van der Waals surface area contributed by atoms with Gasteiger partial charge in [0.05, 0.1) is 12.7 Å². The lowest BCUT2D eigenvalue weighted by Gasteiger charge is -2.38. The first-order valence-corrected chi connectivity index (χ1v) is 6.94. The highest BCUT2D eigenvalue weighted by atomic mass is 16.5. The second-order valence-corrected chi connectivity index (χ2v) is 5.40. The van der Waals surface area contributed by atoms with Crippen LogP contribution in [0.25, 0.3) is 0 Å². The summed E-state index contributed by atoms with van der Waals surface area (Å²) in [5.74, 6) is 0.898. The molecule has 0 bridgehead atoms. The lowest BCUT2D eigenvalue weighted by atomic mass is 9.92. The molecule has 1 aromatic rings. The molecule has 1 aromatic carbocycles.